The zero-order chi connectivity index (χ0) is 29.5. The van der Waals surface area contributed by atoms with Crippen LogP contribution in [0.4, 0.5) is 20.6 Å². The van der Waals surface area contributed by atoms with E-state index in [4.69, 9.17) is 4.42 Å². The number of furan rings is 1. The van der Waals surface area contributed by atoms with Gasteiger partial charge < -0.3 is 20.4 Å². The molecule has 0 radical (unpaired) electrons. The largest absolute Gasteiger partial charge is 0.467 e. The molecule has 1 aromatic heterocycles. The van der Waals surface area contributed by atoms with E-state index < -0.39 is 29.0 Å². The molecule has 0 spiro atoms. The van der Waals surface area contributed by atoms with Crippen LogP contribution in [-0.4, -0.2) is 34.0 Å². The Morgan fingerprint density at radius 3 is 2.52 bits per heavy atom. The molecule has 2 heterocycles. The smallest absolute Gasteiger partial charge is 0.315 e. The van der Waals surface area contributed by atoms with Gasteiger partial charge in [-0.15, -0.1) is 0 Å². The van der Waals surface area contributed by atoms with E-state index in [1.54, 1.807) is 55.5 Å². The summed E-state index contributed by atoms with van der Waals surface area (Å²) in [5.41, 5.74) is 2.56. The third-order valence-electron chi connectivity index (χ3n) is 6.39. The van der Waals surface area contributed by atoms with Crippen LogP contribution in [-0.2, 0) is 22.7 Å². The van der Waals surface area contributed by atoms with Crippen LogP contribution in [0, 0.1) is 5.82 Å². The summed E-state index contributed by atoms with van der Waals surface area (Å²) in [4.78, 5) is 44.5. The van der Waals surface area contributed by atoms with Gasteiger partial charge >= 0.3 is 6.03 Å². The number of halogens is 1. The lowest BCUT2D eigenvalue weighted by atomic mass is 10.1. The number of urea groups is 1. The maximum absolute atomic E-state index is 13.8. The van der Waals surface area contributed by atoms with Crippen molar-refractivity contribution in [2.75, 3.05) is 5.32 Å². The number of hydrogen-bond acceptors (Lipinski definition) is 6. The number of thioether (sulfide) groups is 1. The quantitative estimate of drug-likeness (QED) is 0.231. The predicted molar refractivity (Wildman–Crippen MR) is 159 cm³/mol. The van der Waals surface area contributed by atoms with Crippen LogP contribution in [0.5, 0.6) is 0 Å². The second kappa shape index (κ2) is 13.2. The highest BCUT2D eigenvalue weighted by atomic mass is 32.2. The standard InChI is InChI=1S/C31H28FN5O4S/c1-20(34-30(40)33-18-21-7-3-2-4-8-21)28(38)35-24-14-12-22(13-15-24)27-29(39)37(19-26-11-6-16-41-26)31(42-27)36-25-10-5-9-23(32)17-25/h2-17,20,27H,18-19H2,1H3,(H,35,38)(H2,33,34,40)/t20-,27?/m0/s1. The average Bonchev–Trinajstić information content (AvgIpc) is 3.61. The number of amides is 4. The molecule has 3 N–H and O–H groups in total. The van der Waals surface area contributed by atoms with Crippen molar-refractivity contribution < 1.29 is 23.2 Å². The minimum absolute atomic E-state index is 0.182. The van der Waals surface area contributed by atoms with Crippen LogP contribution < -0.4 is 16.0 Å². The second-order valence-electron chi connectivity index (χ2n) is 9.52. The maximum atomic E-state index is 13.8. The Balaban J connectivity index is 1.22. The molecule has 1 aliphatic heterocycles. The molecule has 4 aromatic rings. The van der Waals surface area contributed by atoms with E-state index in [0.29, 0.717) is 34.4 Å². The monoisotopic (exact) mass is 585 g/mol. The molecule has 3 aromatic carbocycles. The molecule has 2 atom stereocenters. The summed E-state index contributed by atoms with van der Waals surface area (Å²) in [6.45, 7) is 2.11. The number of amidine groups is 1. The summed E-state index contributed by atoms with van der Waals surface area (Å²) in [6, 6.07) is 24.5. The van der Waals surface area contributed by atoms with Gasteiger partial charge in [0.2, 0.25) is 11.8 Å². The summed E-state index contributed by atoms with van der Waals surface area (Å²) < 4.78 is 19.2. The molecule has 0 bridgehead atoms. The molecule has 1 saturated heterocycles. The molecule has 1 unspecified atom stereocenters. The molecule has 11 heteroatoms. The minimum Gasteiger partial charge on any atom is -0.467 e. The van der Waals surface area contributed by atoms with Crippen LogP contribution in [0.25, 0.3) is 0 Å². The Bertz CT molecular complexity index is 1580. The molecule has 1 aliphatic rings. The number of anilines is 1. The highest BCUT2D eigenvalue weighted by molar-refractivity contribution is 8.15. The summed E-state index contributed by atoms with van der Waals surface area (Å²) in [6.07, 6.45) is 1.53. The summed E-state index contributed by atoms with van der Waals surface area (Å²) in [7, 11) is 0. The Morgan fingerprint density at radius 1 is 1.02 bits per heavy atom. The number of rotatable bonds is 9. The Labute approximate surface area is 246 Å². The van der Waals surface area contributed by atoms with E-state index >= 15 is 0 Å². The van der Waals surface area contributed by atoms with Crippen molar-refractivity contribution >= 4 is 46.1 Å². The molecular weight excluding hydrogens is 557 g/mol. The van der Waals surface area contributed by atoms with Crippen molar-refractivity contribution in [1.29, 1.82) is 0 Å². The molecule has 42 heavy (non-hydrogen) atoms. The summed E-state index contributed by atoms with van der Waals surface area (Å²) >= 11 is 1.26. The lowest BCUT2D eigenvalue weighted by Gasteiger charge is -2.16. The molecule has 0 aliphatic carbocycles. The van der Waals surface area contributed by atoms with Gasteiger partial charge in [-0.05, 0) is 60.5 Å². The highest BCUT2D eigenvalue weighted by Crippen LogP contribution is 2.41. The first kappa shape index (κ1) is 28.6. The third kappa shape index (κ3) is 7.24. The van der Waals surface area contributed by atoms with Crippen LogP contribution >= 0.6 is 11.8 Å². The molecular formula is C31H28FN5O4S. The zero-order valence-corrected chi connectivity index (χ0v) is 23.4. The number of carbonyl (C=O) groups excluding carboxylic acids is 3. The second-order valence-corrected chi connectivity index (χ2v) is 10.6. The number of carbonyl (C=O) groups is 3. The Hall–Kier alpha value is -4.90. The van der Waals surface area contributed by atoms with Crippen molar-refractivity contribution in [2.24, 2.45) is 4.99 Å². The van der Waals surface area contributed by atoms with Crippen molar-refractivity contribution in [1.82, 2.24) is 15.5 Å². The van der Waals surface area contributed by atoms with Gasteiger partial charge in [0, 0.05) is 12.2 Å². The van der Waals surface area contributed by atoms with Crippen molar-refractivity contribution in [3.05, 3.63) is 120 Å². The summed E-state index contributed by atoms with van der Waals surface area (Å²) in [5, 5.41) is 7.96. The van der Waals surface area contributed by atoms with Crippen molar-refractivity contribution in [2.45, 2.75) is 31.3 Å². The Morgan fingerprint density at radius 2 is 1.81 bits per heavy atom. The van der Waals surface area contributed by atoms with E-state index in [1.165, 1.54) is 35.1 Å². The first-order chi connectivity index (χ1) is 20.4. The van der Waals surface area contributed by atoms with Crippen LogP contribution in [0.2, 0.25) is 0 Å². The topological polar surface area (TPSA) is 116 Å². The zero-order valence-electron chi connectivity index (χ0n) is 22.6. The van der Waals surface area contributed by atoms with E-state index in [0.717, 1.165) is 5.56 Å². The molecule has 9 nitrogen and oxygen atoms in total. The molecule has 4 amide bonds. The van der Waals surface area contributed by atoms with E-state index in [-0.39, 0.29) is 12.5 Å². The lowest BCUT2D eigenvalue weighted by molar-refractivity contribution is -0.126. The summed E-state index contributed by atoms with van der Waals surface area (Å²) in [5.74, 6) is -0.415. The number of nitrogens with one attached hydrogen (secondary N) is 3. The van der Waals surface area contributed by atoms with E-state index in [1.807, 2.05) is 30.3 Å². The third-order valence-corrected chi connectivity index (χ3v) is 7.62. The predicted octanol–water partition coefficient (Wildman–Crippen LogP) is 5.75. The van der Waals surface area contributed by atoms with E-state index in [2.05, 4.69) is 20.9 Å². The molecule has 0 saturated carbocycles. The van der Waals surface area contributed by atoms with Crippen molar-refractivity contribution in [3.63, 3.8) is 0 Å². The number of nitrogens with zero attached hydrogens (tertiary/aromatic N) is 2. The average molecular weight is 586 g/mol. The number of hydrogen-bond donors (Lipinski definition) is 3. The van der Waals surface area contributed by atoms with Gasteiger partial charge in [0.15, 0.2) is 5.17 Å². The van der Waals surface area contributed by atoms with Gasteiger partial charge in [0.25, 0.3) is 0 Å². The fourth-order valence-corrected chi connectivity index (χ4v) is 5.37. The van der Waals surface area contributed by atoms with Gasteiger partial charge in [-0.25, -0.2) is 14.2 Å². The first-order valence-electron chi connectivity index (χ1n) is 13.2. The number of benzene rings is 3. The highest BCUT2D eigenvalue weighted by Gasteiger charge is 2.39. The lowest BCUT2D eigenvalue weighted by Crippen LogP contribution is -2.46. The van der Waals surface area contributed by atoms with Gasteiger partial charge in [0.1, 0.15) is 22.9 Å². The van der Waals surface area contributed by atoms with Gasteiger partial charge in [-0.2, -0.15) is 0 Å². The van der Waals surface area contributed by atoms with E-state index in [9.17, 15) is 18.8 Å². The normalized spacial score (nSPS) is 16.3. The fourth-order valence-electron chi connectivity index (χ4n) is 4.20. The van der Waals surface area contributed by atoms with Gasteiger partial charge in [-0.3, -0.25) is 14.5 Å². The SMILES string of the molecule is C[C@H](NC(=O)NCc1ccccc1)C(=O)Nc1ccc(C2SC(=Nc3cccc(F)c3)N(Cc3ccco3)C2=O)cc1. The molecule has 5 rings (SSSR count). The minimum atomic E-state index is -0.788. The molecule has 1 fully saturated rings. The first-order valence-corrected chi connectivity index (χ1v) is 14.1. The van der Waals surface area contributed by atoms with Crippen molar-refractivity contribution in [3.8, 4) is 0 Å². The number of aliphatic imine (C=N–C) groups is 1. The van der Waals surface area contributed by atoms with Gasteiger partial charge in [-0.1, -0.05) is 60.3 Å². The molecule has 214 valence electrons. The van der Waals surface area contributed by atoms with Crippen LogP contribution in [0.3, 0.4) is 0 Å². The van der Waals surface area contributed by atoms with Gasteiger partial charge in [0.05, 0.1) is 18.5 Å². The Kier molecular flexibility index (Phi) is 8.98. The fraction of sp³-hybridized carbons (Fsp3) is 0.161. The van der Waals surface area contributed by atoms with Crippen LogP contribution in [0.15, 0.2) is 107 Å². The maximum Gasteiger partial charge on any atom is 0.315 e. The van der Waals surface area contributed by atoms with Crippen LogP contribution in [0.1, 0.15) is 29.1 Å².